The molecule has 0 aliphatic rings. The average molecular weight is 220 g/mol. The van der Waals surface area contributed by atoms with Crippen LogP contribution >= 0.6 is 11.3 Å². The number of sulfonamides is 1. The first-order valence-corrected chi connectivity index (χ1v) is 6.21. The van der Waals surface area contributed by atoms with E-state index in [0.29, 0.717) is 5.13 Å². The third kappa shape index (κ3) is 2.00. The molecular formula is C7H12N2O2S2. The van der Waals surface area contributed by atoms with Crippen LogP contribution in [0.1, 0.15) is 13.8 Å². The first kappa shape index (κ1) is 10.5. The van der Waals surface area contributed by atoms with Crippen LogP contribution in [-0.2, 0) is 10.0 Å². The molecule has 0 saturated carbocycles. The summed E-state index contributed by atoms with van der Waals surface area (Å²) in [5.41, 5.74) is 0. The fourth-order valence-corrected chi connectivity index (χ4v) is 2.65. The van der Waals surface area contributed by atoms with Crippen LogP contribution in [0.2, 0.25) is 0 Å². The summed E-state index contributed by atoms with van der Waals surface area (Å²) >= 11 is 1.31. The van der Waals surface area contributed by atoms with Gasteiger partial charge in [0.1, 0.15) is 0 Å². The molecule has 1 rings (SSSR count). The van der Waals surface area contributed by atoms with Gasteiger partial charge < -0.3 is 0 Å². The fourth-order valence-electron chi connectivity index (χ4n) is 0.797. The molecular weight excluding hydrogens is 208 g/mol. The lowest BCUT2D eigenvalue weighted by Crippen LogP contribution is -2.32. The molecule has 0 aromatic carbocycles. The van der Waals surface area contributed by atoms with Gasteiger partial charge in [-0.1, -0.05) is 0 Å². The molecule has 0 aliphatic heterocycles. The molecule has 1 aromatic heterocycles. The number of nitrogens with zero attached hydrogens (tertiary/aromatic N) is 2. The lowest BCUT2D eigenvalue weighted by molar-refractivity contribution is 0.585. The summed E-state index contributed by atoms with van der Waals surface area (Å²) in [5.74, 6) is 0. The van der Waals surface area contributed by atoms with Crippen LogP contribution in [0.5, 0.6) is 0 Å². The summed E-state index contributed by atoms with van der Waals surface area (Å²) in [6.07, 6.45) is 1.59. The zero-order chi connectivity index (χ0) is 10.1. The van der Waals surface area contributed by atoms with Crippen molar-refractivity contribution in [3.05, 3.63) is 11.6 Å². The van der Waals surface area contributed by atoms with E-state index in [0.717, 1.165) is 0 Å². The van der Waals surface area contributed by atoms with E-state index >= 15 is 0 Å². The van der Waals surface area contributed by atoms with E-state index in [-0.39, 0.29) is 0 Å². The number of aromatic nitrogens is 1. The third-order valence-electron chi connectivity index (χ3n) is 1.67. The first-order chi connectivity index (χ1) is 5.96. The second-order valence-corrected chi connectivity index (χ2v) is 6.27. The molecule has 0 N–H and O–H groups in total. The molecule has 4 nitrogen and oxygen atoms in total. The summed E-state index contributed by atoms with van der Waals surface area (Å²) in [4.78, 5) is 3.93. The smallest absolute Gasteiger partial charge is 0.239 e. The van der Waals surface area contributed by atoms with Gasteiger partial charge in [0.15, 0.2) is 5.13 Å². The zero-order valence-corrected chi connectivity index (χ0v) is 9.39. The van der Waals surface area contributed by atoms with Crippen LogP contribution < -0.4 is 4.31 Å². The standard InChI is InChI=1S/C7H12N2O2S2/c1-6(2)13(10,11)9(3)7-8-4-5-12-7/h4-6H,1-3H3. The summed E-state index contributed by atoms with van der Waals surface area (Å²) in [6.45, 7) is 3.30. The van der Waals surface area contributed by atoms with Gasteiger partial charge in [0.25, 0.3) is 0 Å². The Morgan fingerprint density at radius 2 is 2.15 bits per heavy atom. The fraction of sp³-hybridized carbons (Fsp3) is 0.571. The predicted octanol–water partition coefficient (Wildman–Crippen LogP) is 1.32. The van der Waals surface area contributed by atoms with Crippen LogP contribution in [0, 0.1) is 0 Å². The van der Waals surface area contributed by atoms with E-state index in [9.17, 15) is 8.42 Å². The van der Waals surface area contributed by atoms with Crippen molar-refractivity contribution in [1.29, 1.82) is 0 Å². The minimum Gasteiger partial charge on any atom is -0.248 e. The maximum Gasteiger partial charge on any atom is 0.239 e. The van der Waals surface area contributed by atoms with Crippen molar-refractivity contribution in [2.45, 2.75) is 19.1 Å². The molecule has 0 aliphatic carbocycles. The number of thiazole rings is 1. The van der Waals surface area contributed by atoms with Gasteiger partial charge in [-0.2, -0.15) is 0 Å². The summed E-state index contributed by atoms with van der Waals surface area (Å²) in [7, 11) is -1.70. The normalized spacial score (nSPS) is 12.0. The van der Waals surface area contributed by atoms with Gasteiger partial charge in [0.2, 0.25) is 10.0 Å². The van der Waals surface area contributed by atoms with E-state index in [4.69, 9.17) is 0 Å². The predicted molar refractivity (Wildman–Crippen MR) is 54.6 cm³/mol. The van der Waals surface area contributed by atoms with Gasteiger partial charge in [-0.15, -0.1) is 11.3 Å². The van der Waals surface area contributed by atoms with Gasteiger partial charge in [-0.05, 0) is 13.8 Å². The van der Waals surface area contributed by atoms with Gasteiger partial charge in [0.05, 0.1) is 5.25 Å². The molecule has 0 atom stereocenters. The number of hydrogen-bond donors (Lipinski definition) is 0. The van der Waals surface area contributed by atoms with Crippen LogP contribution in [0.3, 0.4) is 0 Å². The summed E-state index contributed by atoms with van der Waals surface area (Å²) < 4.78 is 24.5. The molecule has 74 valence electrons. The lowest BCUT2D eigenvalue weighted by atomic mass is 10.6. The van der Waals surface area contributed by atoms with E-state index in [1.807, 2.05) is 0 Å². The van der Waals surface area contributed by atoms with Gasteiger partial charge in [0, 0.05) is 18.6 Å². The van der Waals surface area contributed by atoms with Crippen LogP contribution in [0.4, 0.5) is 5.13 Å². The molecule has 0 saturated heterocycles. The topological polar surface area (TPSA) is 50.3 Å². The van der Waals surface area contributed by atoms with Crippen molar-refractivity contribution in [3.8, 4) is 0 Å². The van der Waals surface area contributed by atoms with Crippen molar-refractivity contribution < 1.29 is 8.42 Å². The Kier molecular flexibility index (Phi) is 2.92. The molecule has 0 bridgehead atoms. The molecule has 1 aromatic rings. The molecule has 0 radical (unpaired) electrons. The van der Waals surface area contributed by atoms with E-state index < -0.39 is 15.3 Å². The van der Waals surface area contributed by atoms with Gasteiger partial charge in [-0.3, -0.25) is 0 Å². The highest BCUT2D eigenvalue weighted by Gasteiger charge is 2.23. The second kappa shape index (κ2) is 3.63. The van der Waals surface area contributed by atoms with Gasteiger partial charge in [-0.25, -0.2) is 17.7 Å². The minimum absolute atomic E-state index is 0.415. The quantitative estimate of drug-likeness (QED) is 0.772. The Balaban J connectivity index is 2.98. The van der Waals surface area contributed by atoms with E-state index in [2.05, 4.69) is 4.98 Å². The number of rotatable bonds is 3. The minimum atomic E-state index is -3.22. The summed E-state index contributed by atoms with van der Waals surface area (Å²) in [5, 5.41) is 1.84. The van der Waals surface area contributed by atoms with E-state index in [1.54, 1.807) is 25.4 Å². The zero-order valence-electron chi connectivity index (χ0n) is 7.76. The lowest BCUT2D eigenvalue weighted by Gasteiger charge is -2.18. The Hall–Kier alpha value is -0.620. The van der Waals surface area contributed by atoms with Gasteiger partial charge >= 0.3 is 0 Å². The SMILES string of the molecule is CC(C)S(=O)(=O)N(C)c1nccs1. The molecule has 6 heteroatoms. The highest BCUT2D eigenvalue weighted by molar-refractivity contribution is 7.93. The first-order valence-electron chi connectivity index (χ1n) is 3.83. The molecule has 0 amide bonds. The monoisotopic (exact) mass is 220 g/mol. The third-order valence-corrected chi connectivity index (χ3v) is 4.76. The van der Waals surface area contributed by atoms with Crippen molar-refractivity contribution in [3.63, 3.8) is 0 Å². The number of anilines is 1. The molecule has 1 heterocycles. The Labute approximate surface area is 82.3 Å². The van der Waals surface area contributed by atoms with E-state index in [1.165, 1.54) is 22.7 Å². The Morgan fingerprint density at radius 1 is 1.54 bits per heavy atom. The maximum atomic E-state index is 11.6. The van der Waals surface area contributed by atoms with Crippen LogP contribution in [0.25, 0.3) is 0 Å². The summed E-state index contributed by atoms with van der Waals surface area (Å²) in [6, 6.07) is 0. The Morgan fingerprint density at radius 3 is 2.54 bits per heavy atom. The van der Waals surface area contributed by atoms with Crippen molar-refractivity contribution in [2.75, 3.05) is 11.4 Å². The largest absolute Gasteiger partial charge is 0.248 e. The molecule has 0 spiro atoms. The molecule has 0 unspecified atom stereocenters. The van der Waals surface area contributed by atoms with Crippen molar-refractivity contribution in [1.82, 2.24) is 4.98 Å². The Bertz CT molecular complexity index is 356. The van der Waals surface area contributed by atoms with Crippen molar-refractivity contribution >= 4 is 26.5 Å². The van der Waals surface area contributed by atoms with Crippen molar-refractivity contribution in [2.24, 2.45) is 0 Å². The highest BCUT2D eigenvalue weighted by Crippen LogP contribution is 2.20. The van der Waals surface area contributed by atoms with Crippen LogP contribution in [0.15, 0.2) is 11.6 Å². The molecule has 0 fully saturated rings. The average Bonchev–Trinajstić information content (AvgIpc) is 2.54. The highest BCUT2D eigenvalue weighted by atomic mass is 32.2. The second-order valence-electron chi connectivity index (χ2n) is 2.88. The van der Waals surface area contributed by atoms with Crippen LogP contribution in [-0.4, -0.2) is 25.7 Å². The maximum absolute atomic E-state index is 11.6. The molecule has 13 heavy (non-hydrogen) atoms. The number of hydrogen-bond acceptors (Lipinski definition) is 4.